The number of ether oxygens (including phenoxy) is 1. The minimum atomic E-state index is -0.229. The molecule has 0 spiro atoms. The van der Waals surface area contributed by atoms with Crippen LogP contribution < -0.4 is 15.8 Å². The fourth-order valence-electron chi connectivity index (χ4n) is 2.81. The van der Waals surface area contributed by atoms with Crippen molar-refractivity contribution in [2.75, 3.05) is 33.3 Å². The number of nitrogens with two attached hydrogens (primary N) is 1. The Labute approximate surface area is 137 Å². The molecule has 0 radical (unpaired) electrons. The van der Waals surface area contributed by atoms with E-state index in [1.54, 1.807) is 7.11 Å². The summed E-state index contributed by atoms with van der Waals surface area (Å²) in [5.41, 5.74) is 6.44. The van der Waals surface area contributed by atoms with Gasteiger partial charge < -0.3 is 15.8 Å². The molecule has 0 aliphatic carbocycles. The van der Waals surface area contributed by atoms with Gasteiger partial charge in [0.2, 0.25) is 11.8 Å². The van der Waals surface area contributed by atoms with Gasteiger partial charge in [-0.05, 0) is 50.0 Å². The zero-order valence-corrected chi connectivity index (χ0v) is 13.6. The normalized spacial score (nSPS) is 16.0. The first-order valence-corrected chi connectivity index (χ1v) is 8.00. The molecular weight excluding hydrogens is 294 g/mol. The number of piperidine rings is 1. The minimum Gasteiger partial charge on any atom is -0.497 e. The summed E-state index contributed by atoms with van der Waals surface area (Å²) in [5, 5.41) is 2.94. The zero-order chi connectivity index (χ0) is 16.7. The number of carbonyl (C=O) groups is 2. The summed E-state index contributed by atoms with van der Waals surface area (Å²) in [6, 6.07) is 7.83. The first-order valence-electron chi connectivity index (χ1n) is 8.00. The van der Waals surface area contributed by atoms with E-state index in [0.717, 1.165) is 43.7 Å². The monoisotopic (exact) mass is 319 g/mol. The van der Waals surface area contributed by atoms with Crippen molar-refractivity contribution in [2.24, 2.45) is 11.7 Å². The highest BCUT2D eigenvalue weighted by molar-refractivity contribution is 5.78. The molecule has 126 valence electrons. The number of primary amides is 1. The van der Waals surface area contributed by atoms with Crippen LogP contribution in [0.1, 0.15) is 18.4 Å². The maximum atomic E-state index is 12.0. The number of hydrogen-bond donors (Lipinski definition) is 2. The number of methoxy groups -OCH3 is 1. The number of benzene rings is 1. The lowest BCUT2D eigenvalue weighted by Crippen LogP contribution is -2.43. The van der Waals surface area contributed by atoms with Crippen LogP contribution in [-0.4, -0.2) is 50.0 Å². The first-order chi connectivity index (χ1) is 11.1. The highest BCUT2D eigenvalue weighted by atomic mass is 16.5. The van der Waals surface area contributed by atoms with Crippen LogP contribution in [-0.2, 0) is 16.0 Å². The molecule has 0 saturated carbocycles. The molecule has 1 aromatic rings. The third-order valence-corrected chi connectivity index (χ3v) is 4.23. The van der Waals surface area contributed by atoms with Crippen LogP contribution in [0.4, 0.5) is 0 Å². The van der Waals surface area contributed by atoms with E-state index in [-0.39, 0.29) is 17.7 Å². The van der Waals surface area contributed by atoms with Crippen molar-refractivity contribution in [3.63, 3.8) is 0 Å². The second-order valence-electron chi connectivity index (χ2n) is 5.90. The summed E-state index contributed by atoms with van der Waals surface area (Å²) in [7, 11) is 1.64. The van der Waals surface area contributed by atoms with Crippen molar-refractivity contribution in [3.05, 3.63) is 29.8 Å². The third-order valence-electron chi connectivity index (χ3n) is 4.23. The molecule has 0 unspecified atom stereocenters. The molecule has 1 saturated heterocycles. The Hall–Kier alpha value is -2.08. The Balaban J connectivity index is 1.66. The molecule has 1 aliphatic rings. The van der Waals surface area contributed by atoms with Gasteiger partial charge in [0.1, 0.15) is 5.75 Å². The summed E-state index contributed by atoms with van der Waals surface area (Å²) in [6.45, 7) is 2.47. The molecule has 1 aliphatic heterocycles. The largest absolute Gasteiger partial charge is 0.497 e. The Morgan fingerprint density at radius 2 is 2.09 bits per heavy atom. The van der Waals surface area contributed by atoms with E-state index >= 15 is 0 Å². The van der Waals surface area contributed by atoms with E-state index in [2.05, 4.69) is 10.2 Å². The van der Waals surface area contributed by atoms with Gasteiger partial charge >= 0.3 is 0 Å². The topological polar surface area (TPSA) is 84.7 Å². The zero-order valence-electron chi connectivity index (χ0n) is 13.6. The molecule has 1 aromatic carbocycles. The van der Waals surface area contributed by atoms with Gasteiger partial charge in [-0.1, -0.05) is 12.1 Å². The summed E-state index contributed by atoms with van der Waals surface area (Å²) in [4.78, 5) is 25.2. The smallest absolute Gasteiger partial charge is 0.234 e. The number of hydrogen-bond acceptors (Lipinski definition) is 4. The number of nitrogens with zero attached hydrogens (tertiary/aromatic N) is 1. The summed E-state index contributed by atoms with van der Waals surface area (Å²) >= 11 is 0. The van der Waals surface area contributed by atoms with Crippen molar-refractivity contribution in [1.29, 1.82) is 0 Å². The standard InChI is InChI=1S/C17H25N3O3/c1-23-15-4-2-3-13(11-15)5-8-19-16(21)12-20-9-6-14(7-10-20)17(18)22/h2-4,11,14H,5-10,12H2,1H3,(H2,18,22)(H,19,21). The van der Waals surface area contributed by atoms with Gasteiger partial charge in [0.05, 0.1) is 13.7 Å². The van der Waals surface area contributed by atoms with Gasteiger partial charge in [-0.2, -0.15) is 0 Å². The lowest BCUT2D eigenvalue weighted by molar-refractivity contribution is -0.124. The molecule has 0 atom stereocenters. The second-order valence-corrected chi connectivity index (χ2v) is 5.90. The number of amides is 2. The van der Waals surface area contributed by atoms with Crippen LogP contribution in [0, 0.1) is 5.92 Å². The molecule has 2 rings (SSSR count). The third kappa shape index (κ3) is 5.56. The molecule has 6 nitrogen and oxygen atoms in total. The molecule has 6 heteroatoms. The van der Waals surface area contributed by atoms with Crippen LogP contribution in [0.5, 0.6) is 5.75 Å². The fraction of sp³-hybridized carbons (Fsp3) is 0.529. The average molecular weight is 319 g/mol. The van der Waals surface area contributed by atoms with Gasteiger partial charge in [-0.3, -0.25) is 14.5 Å². The minimum absolute atomic E-state index is 0.0189. The average Bonchev–Trinajstić information content (AvgIpc) is 2.55. The quantitative estimate of drug-likeness (QED) is 0.769. The Morgan fingerprint density at radius 3 is 2.74 bits per heavy atom. The predicted octanol–water partition coefficient (Wildman–Crippen LogP) is 0.551. The van der Waals surface area contributed by atoms with Crippen molar-refractivity contribution >= 4 is 11.8 Å². The van der Waals surface area contributed by atoms with Crippen LogP contribution in [0.3, 0.4) is 0 Å². The highest BCUT2D eigenvalue weighted by Crippen LogP contribution is 2.16. The van der Waals surface area contributed by atoms with E-state index in [4.69, 9.17) is 10.5 Å². The molecule has 3 N–H and O–H groups in total. The van der Waals surface area contributed by atoms with E-state index in [9.17, 15) is 9.59 Å². The van der Waals surface area contributed by atoms with E-state index in [0.29, 0.717) is 13.1 Å². The molecule has 0 bridgehead atoms. The van der Waals surface area contributed by atoms with Gasteiger partial charge in [0, 0.05) is 12.5 Å². The first kappa shape index (κ1) is 17.3. The van der Waals surface area contributed by atoms with Crippen LogP contribution in [0.25, 0.3) is 0 Å². The number of carbonyl (C=O) groups excluding carboxylic acids is 2. The van der Waals surface area contributed by atoms with E-state index in [1.807, 2.05) is 24.3 Å². The predicted molar refractivity (Wildman–Crippen MR) is 88.1 cm³/mol. The van der Waals surface area contributed by atoms with Crippen molar-refractivity contribution in [3.8, 4) is 5.75 Å². The molecule has 2 amide bonds. The van der Waals surface area contributed by atoms with Gasteiger partial charge in [-0.25, -0.2) is 0 Å². The molecule has 23 heavy (non-hydrogen) atoms. The van der Waals surface area contributed by atoms with Crippen molar-refractivity contribution in [2.45, 2.75) is 19.3 Å². The summed E-state index contributed by atoms with van der Waals surface area (Å²) in [5.74, 6) is 0.575. The van der Waals surface area contributed by atoms with Crippen LogP contribution >= 0.6 is 0 Å². The molecule has 0 aromatic heterocycles. The molecule has 1 fully saturated rings. The highest BCUT2D eigenvalue weighted by Gasteiger charge is 2.23. The maximum absolute atomic E-state index is 12.0. The Morgan fingerprint density at radius 1 is 1.35 bits per heavy atom. The lowest BCUT2D eigenvalue weighted by Gasteiger charge is -2.29. The number of rotatable bonds is 7. The van der Waals surface area contributed by atoms with Crippen LogP contribution in [0.2, 0.25) is 0 Å². The Kier molecular flexibility index (Phi) is 6.40. The maximum Gasteiger partial charge on any atom is 0.234 e. The number of nitrogens with one attached hydrogen (secondary N) is 1. The van der Waals surface area contributed by atoms with Gasteiger partial charge in [0.25, 0.3) is 0 Å². The van der Waals surface area contributed by atoms with E-state index < -0.39 is 0 Å². The number of likely N-dealkylation sites (tertiary alicyclic amines) is 1. The summed E-state index contributed by atoms with van der Waals surface area (Å²) in [6.07, 6.45) is 2.26. The van der Waals surface area contributed by atoms with Crippen LogP contribution in [0.15, 0.2) is 24.3 Å². The molecular formula is C17H25N3O3. The fourth-order valence-corrected chi connectivity index (χ4v) is 2.81. The van der Waals surface area contributed by atoms with Crippen molar-refractivity contribution in [1.82, 2.24) is 10.2 Å². The SMILES string of the molecule is COc1cccc(CCNC(=O)CN2CCC(C(N)=O)CC2)c1. The lowest BCUT2D eigenvalue weighted by atomic mass is 9.96. The Bertz CT molecular complexity index is 540. The van der Waals surface area contributed by atoms with E-state index in [1.165, 1.54) is 0 Å². The molecule has 1 heterocycles. The summed E-state index contributed by atoms with van der Waals surface area (Å²) < 4.78 is 5.18. The van der Waals surface area contributed by atoms with Gasteiger partial charge in [-0.15, -0.1) is 0 Å². The van der Waals surface area contributed by atoms with Crippen molar-refractivity contribution < 1.29 is 14.3 Å². The van der Waals surface area contributed by atoms with Gasteiger partial charge in [0.15, 0.2) is 0 Å². The second kappa shape index (κ2) is 8.53.